The van der Waals surface area contributed by atoms with Crippen molar-refractivity contribution >= 4 is 16.9 Å². The fraction of sp³-hybridized carbons (Fsp3) is 0.250. The van der Waals surface area contributed by atoms with E-state index in [2.05, 4.69) is 13.8 Å². The molecule has 0 radical (unpaired) electrons. The van der Waals surface area contributed by atoms with Crippen LogP contribution >= 0.6 is 0 Å². The Morgan fingerprint density at radius 2 is 1.96 bits per heavy atom. The summed E-state index contributed by atoms with van der Waals surface area (Å²) in [5.41, 5.74) is 3.29. The van der Waals surface area contributed by atoms with Crippen molar-refractivity contribution in [3.8, 4) is 16.9 Å². The average molecular weight is 323 g/mol. The van der Waals surface area contributed by atoms with Crippen LogP contribution in [0, 0.1) is 5.92 Å². The van der Waals surface area contributed by atoms with Crippen LogP contribution in [0.3, 0.4) is 0 Å². The molecule has 1 aromatic heterocycles. The highest BCUT2D eigenvalue weighted by molar-refractivity contribution is 6.04. The van der Waals surface area contributed by atoms with Gasteiger partial charge in [-0.3, -0.25) is 0 Å². The van der Waals surface area contributed by atoms with Gasteiger partial charge in [0.2, 0.25) is 0 Å². The SMILES string of the molecule is COc1ccccc1-c1ccc2c(C(=O)O)cn(CC(C)C)c2c1. The van der Waals surface area contributed by atoms with Gasteiger partial charge in [0.15, 0.2) is 0 Å². The van der Waals surface area contributed by atoms with E-state index in [-0.39, 0.29) is 0 Å². The molecule has 0 saturated carbocycles. The van der Waals surface area contributed by atoms with Gasteiger partial charge in [0, 0.05) is 29.2 Å². The minimum atomic E-state index is -0.896. The van der Waals surface area contributed by atoms with Crippen molar-refractivity contribution in [1.29, 1.82) is 0 Å². The molecule has 0 atom stereocenters. The zero-order chi connectivity index (χ0) is 17.3. The summed E-state index contributed by atoms with van der Waals surface area (Å²) in [5.74, 6) is 0.335. The van der Waals surface area contributed by atoms with Gasteiger partial charge in [-0.1, -0.05) is 44.2 Å². The van der Waals surface area contributed by atoms with Crippen LogP contribution < -0.4 is 4.74 Å². The molecule has 4 nitrogen and oxygen atoms in total. The quantitative estimate of drug-likeness (QED) is 0.742. The number of rotatable bonds is 5. The first-order valence-electron chi connectivity index (χ1n) is 8.01. The lowest BCUT2D eigenvalue weighted by Crippen LogP contribution is -2.03. The number of benzene rings is 2. The van der Waals surface area contributed by atoms with Crippen molar-refractivity contribution in [3.63, 3.8) is 0 Å². The molecule has 0 spiro atoms. The third-order valence-corrected chi connectivity index (χ3v) is 4.09. The van der Waals surface area contributed by atoms with Crippen LogP contribution in [0.5, 0.6) is 5.75 Å². The maximum Gasteiger partial charge on any atom is 0.337 e. The number of hydrogen-bond acceptors (Lipinski definition) is 2. The summed E-state index contributed by atoms with van der Waals surface area (Å²) in [6.07, 6.45) is 1.74. The predicted octanol–water partition coefficient (Wildman–Crippen LogP) is 4.67. The fourth-order valence-electron chi connectivity index (χ4n) is 3.06. The number of fused-ring (bicyclic) bond motifs is 1. The van der Waals surface area contributed by atoms with E-state index in [0.29, 0.717) is 11.5 Å². The first-order valence-corrected chi connectivity index (χ1v) is 8.01. The number of nitrogens with zero attached hydrogens (tertiary/aromatic N) is 1. The summed E-state index contributed by atoms with van der Waals surface area (Å²) >= 11 is 0. The normalized spacial score (nSPS) is 11.2. The van der Waals surface area contributed by atoms with Crippen LogP contribution in [-0.4, -0.2) is 22.8 Å². The molecule has 1 heterocycles. The van der Waals surface area contributed by atoms with Crippen molar-refractivity contribution in [3.05, 3.63) is 54.2 Å². The van der Waals surface area contributed by atoms with E-state index in [9.17, 15) is 9.90 Å². The summed E-state index contributed by atoms with van der Waals surface area (Å²) in [6, 6.07) is 13.7. The summed E-state index contributed by atoms with van der Waals surface area (Å²) < 4.78 is 7.48. The zero-order valence-corrected chi connectivity index (χ0v) is 14.1. The molecule has 0 aliphatic carbocycles. The highest BCUT2D eigenvalue weighted by atomic mass is 16.5. The van der Waals surface area contributed by atoms with Gasteiger partial charge in [0.05, 0.1) is 12.7 Å². The molecule has 0 amide bonds. The van der Waals surface area contributed by atoms with E-state index in [1.54, 1.807) is 13.3 Å². The average Bonchev–Trinajstić information content (AvgIpc) is 2.92. The monoisotopic (exact) mass is 323 g/mol. The summed E-state index contributed by atoms with van der Waals surface area (Å²) in [5, 5.41) is 10.2. The molecule has 124 valence electrons. The van der Waals surface area contributed by atoms with Crippen LogP contribution in [0.25, 0.3) is 22.0 Å². The second-order valence-electron chi connectivity index (χ2n) is 6.33. The molecule has 4 heteroatoms. The van der Waals surface area contributed by atoms with Gasteiger partial charge in [-0.15, -0.1) is 0 Å². The Labute approximate surface area is 141 Å². The predicted molar refractivity (Wildman–Crippen MR) is 95.7 cm³/mol. The topological polar surface area (TPSA) is 51.5 Å². The second-order valence-corrected chi connectivity index (χ2v) is 6.33. The maximum atomic E-state index is 11.5. The number of aromatic carboxylic acids is 1. The highest BCUT2D eigenvalue weighted by Crippen LogP contribution is 2.33. The van der Waals surface area contributed by atoms with Crippen molar-refractivity contribution in [1.82, 2.24) is 4.57 Å². The third kappa shape index (κ3) is 2.87. The number of carboxylic acid groups (broad SMARTS) is 1. The molecule has 0 bridgehead atoms. The summed E-state index contributed by atoms with van der Waals surface area (Å²) in [6.45, 7) is 5.02. The minimum Gasteiger partial charge on any atom is -0.496 e. The molecule has 0 aliphatic rings. The molecule has 3 aromatic rings. The summed E-state index contributed by atoms with van der Waals surface area (Å²) in [7, 11) is 1.65. The molecule has 0 saturated heterocycles. The lowest BCUT2D eigenvalue weighted by Gasteiger charge is -2.11. The van der Waals surface area contributed by atoms with E-state index in [1.807, 2.05) is 47.0 Å². The number of para-hydroxylation sites is 1. The first kappa shape index (κ1) is 16.1. The smallest absolute Gasteiger partial charge is 0.337 e. The molecular weight excluding hydrogens is 302 g/mol. The van der Waals surface area contributed by atoms with Crippen molar-refractivity contribution in [2.75, 3.05) is 7.11 Å². The lowest BCUT2D eigenvalue weighted by atomic mass is 10.0. The molecule has 3 rings (SSSR count). The van der Waals surface area contributed by atoms with Crippen molar-refractivity contribution in [2.45, 2.75) is 20.4 Å². The second kappa shape index (κ2) is 6.40. The van der Waals surface area contributed by atoms with Gasteiger partial charge in [-0.25, -0.2) is 4.79 Å². The Balaban J connectivity index is 2.21. The van der Waals surface area contributed by atoms with E-state index in [1.165, 1.54) is 0 Å². The van der Waals surface area contributed by atoms with Gasteiger partial charge in [-0.05, 0) is 23.6 Å². The minimum absolute atomic E-state index is 0.345. The third-order valence-electron chi connectivity index (χ3n) is 4.09. The Bertz CT molecular complexity index is 893. The molecule has 0 unspecified atom stereocenters. The number of methoxy groups -OCH3 is 1. The van der Waals surface area contributed by atoms with Gasteiger partial charge >= 0.3 is 5.97 Å². The van der Waals surface area contributed by atoms with Crippen molar-refractivity contribution < 1.29 is 14.6 Å². The number of carboxylic acids is 1. The van der Waals surface area contributed by atoms with Gasteiger partial charge in [0.1, 0.15) is 5.75 Å². The number of ether oxygens (including phenoxy) is 1. The molecule has 24 heavy (non-hydrogen) atoms. The van der Waals surface area contributed by atoms with Crippen molar-refractivity contribution in [2.24, 2.45) is 5.92 Å². The Morgan fingerprint density at radius 3 is 2.62 bits per heavy atom. The number of carbonyl (C=O) groups is 1. The molecule has 0 fully saturated rings. The number of hydrogen-bond donors (Lipinski definition) is 1. The lowest BCUT2D eigenvalue weighted by molar-refractivity contribution is 0.0698. The largest absolute Gasteiger partial charge is 0.496 e. The molecule has 2 aromatic carbocycles. The van der Waals surface area contributed by atoms with Crippen LogP contribution in [0.1, 0.15) is 24.2 Å². The standard InChI is InChI=1S/C20H21NO3/c1-13(2)11-21-12-17(20(22)23)16-9-8-14(10-18(16)21)15-6-4-5-7-19(15)24-3/h4-10,12-13H,11H2,1-3H3,(H,22,23). The Morgan fingerprint density at radius 1 is 1.21 bits per heavy atom. The first-order chi connectivity index (χ1) is 11.5. The Kier molecular flexibility index (Phi) is 4.30. The van der Waals surface area contributed by atoms with Crippen LogP contribution in [0.4, 0.5) is 0 Å². The van der Waals surface area contributed by atoms with Crippen LogP contribution in [0.15, 0.2) is 48.7 Å². The van der Waals surface area contributed by atoms with Gasteiger partial charge in [-0.2, -0.15) is 0 Å². The van der Waals surface area contributed by atoms with E-state index >= 15 is 0 Å². The maximum absolute atomic E-state index is 11.5. The van der Waals surface area contributed by atoms with Crippen LogP contribution in [-0.2, 0) is 6.54 Å². The van der Waals surface area contributed by atoms with E-state index in [0.717, 1.165) is 34.3 Å². The fourth-order valence-corrected chi connectivity index (χ4v) is 3.06. The van der Waals surface area contributed by atoms with Crippen LogP contribution in [0.2, 0.25) is 0 Å². The molecule has 0 aliphatic heterocycles. The van der Waals surface area contributed by atoms with Gasteiger partial charge < -0.3 is 14.4 Å². The number of aromatic nitrogens is 1. The summed E-state index contributed by atoms with van der Waals surface area (Å²) in [4.78, 5) is 11.5. The molecular formula is C20H21NO3. The highest BCUT2D eigenvalue weighted by Gasteiger charge is 2.16. The van der Waals surface area contributed by atoms with E-state index in [4.69, 9.17) is 4.74 Å². The zero-order valence-electron chi connectivity index (χ0n) is 14.1. The van der Waals surface area contributed by atoms with Gasteiger partial charge in [0.25, 0.3) is 0 Å². The Hall–Kier alpha value is -2.75. The molecule has 1 N–H and O–H groups in total. The van der Waals surface area contributed by atoms with E-state index < -0.39 is 5.97 Å².